The molecule has 3 rings (SSSR count). The summed E-state index contributed by atoms with van der Waals surface area (Å²) in [6.45, 7) is 3.85. The van der Waals surface area contributed by atoms with Crippen molar-refractivity contribution < 1.29 is 9.13 Å². The van der Waals surface area contributed by atoms with Gasteiger partial charge in [-0.15, -0.1) is 0 Å². The van der Waals surface area contributed by atoms with Crippen LogP contribution < -0.4 is 0 Å². The Morgan fingerprint density at radius 1 is 1.42 bits per heavy atom. The van der Waals surface area contributed by atoms with Gasteiger partial charge in [-0.25, -0.2) is 19.3 Å². The molecule has 0 unspecified atom stereocenters. The molecule has 5 nitrogen and oxygen atoms in total. The zero-order chi connectivity index (χ0) is 13.6. The van der Waals surface area contributed by atoms with Gasteiger partial charge in [-0.3, -0.25) is 4.57 Å². The summed E-state index contributed by atoms with van der Waals surface area (Å²) < 4.78 is 21.7. The average molecular weight is 285 g/mol. The first kappa shape index (κ1) is 12.7. The first-order valence-corrected chi connectivity index (χ1v) is 6.63. The van der Waals surface area contributed by atoms with Gasteiger partial charge in [-0.2, -0.15) is 0 Å². The molecule has 0 bridgehead atoms. The Labute approximate surface area is 114 Å². The molecule has 1 saturated heterocycles. The number of ether oxygens (including phenoxy) is 1. The molecule has 2 aromatic rings. The summed E-state index contributed by atoms with van der Waals surface area (Å²) in [5.41, 5.74) is 0.962. The van der Waals surface area contributed by atoms with E-state index in [1.54, 1.807) is 4.57 Å². The molecule has 0 radical (unpaired) electrons. The van der Waals surface area contributed by atoms with Crippen LogP contribution in [0, 0.1) is 5.92 Å². The number of hydrogen-bond acceptors (Lipinski definition) is 4. The van der Waals surface area contributed by atoms with E-state index >= 15 is 0 Å². The van der Waals surface area contributed by atoms with E-state index in [4.69, 9.17) is 16.3 Å². The van der Waals surface area contributed by atoms with Gasteiger partial charge in [0.15, 0.2) is 23.2 Å². The molecule has 2 aromatic heterocycles. The summed E-state index contributed by atoms with van der Waals surface area (Å²) in [5, 5.41) is 0.261. The van der Waals surface area contributed by atoms with Crippen LogP contribution in [0.1, 0.15) is 26.5 Å². The van der Waals surface area contributed by atoms with Crippen LogP contribution in [-0.4, -0.2) is 31.8 Å². The molecule has 7 heteroatoms. The lowest BCUT2D eigenvalue weighted by molar-refractivity contribution is -0.0186. The Kier molecular flexibility index (Phi) is 3.14. The number of imidazole rings is 1. The number of nitrogens with zero attached hydrogens (tertiary/aromatic N) is 4. The summed E-state index contributed by atoms with van der Waals surface area (Å²) in [6, 6.07) is 0. The van der Waals surface area contributed by atoms with Crippen LogP contribution in [0.5, 0.6) is 0 Å². The maximum absolute atomic E-state index is 14.4. The van der Waals surface area contributed by atoms with Gasteiger partial charge in [0.1, 0.15) is 11.8 Å². The number of fused-ring (bicyclic) bond motifs is 1. The van der Waals surface area contributed by atoms with Gasteiger partial charge in [0.25, 0.3) is 0 Å². The Morgan fingerprint density at radius 2 is 2.21 bits per heavy atom. The lowest BCUT2D eigenvalue weighted by Gasteiger charge is -2.15. The predicted octanol–water partition coefficient (Wildman–Crippen LogP) is 2.76. The van der Waals surface area contributed by atoms with Gasteiger partial charge in [-0.05, 0) is 6.42 Å². The van der Waals surface area contributed by atoms with Crippen molar-refractivity contribution in [2.24, 2.45) is 5.92 Å². The molecule has 1 aliphatic rings. The highest BCUT2D eigenvalue weighted by Crippen LogP contribution is 2.38. The zero-order valence-corrected chi connectivity index (χ0v) is 11.4. The molecule has 1 fully saturated rings. The van der Waals surface area contributed by atoms with E-state index < -0.39 is 12.4 Å². The Balaban J connectivity index is 2.04. The molecule has 102 valence electrons. The van der Waals surface area contributed by atoms with E-state index in [0.717, 1.165) is 6.42 Å². The van der Waals surface area contributed by atoms with Gasteiger partial charge in [-0.1, -0.05) is 25.4 Å². The van der Waals surface area contributed by atoms with Crippen molar-refractivity contribution in [2.75, 3.05) is 0 Å². The van der Waals surface area contributed by atoms with Crippen molar-refractivity contribution in [3.05, 3.63) is 17.8 Å². The normalized spacial score (nSPS) is 31.2. The van der Waals surface area contributed by atoms with Crippen molar-refractivity contribution in [1.82, 2.24) is 19.5 Å². The summed E-state index contributed by atoms with van der Waals surface area (Å²) in [7, 11) is 0. The smallest absolute Gasteiger partial charge is 0.168 e. The van der Waals surface area contributed by atoms with Gasteiger partial charge in [0.2, 0.25) is 0 Å². The van der Waals surface area contributed by atoms with Gasteiger partial charge in [0, 0.05) is 5.92 Å². The van der Waals surface area contributed by atoms with Crippen LogP contribution in [-0.2, 0) is 4.74 Å². The van der Waals surface area contributed by atoms with E-state index in [9.17, 15) is 4.39 Å². The number of hydrogen-bond donors (Lipinski definition) is 0. The minimum Gasteiger partial charge on any atom is -0.351 e. The third-order valence-corrected chi connectivity index (χ3v) is 3.94. The van der Waals surface area contributed by atoms with Crippen LogP contribution in [0.25, 0.3) is 11.2 Å². The van der Waals surface area contributed by atoms with Crippen molar-refractivity contribution >= 4 is 22.8 Å². The molecule has 1 aliphatic heterocycles. The fourth-order valence-electron chi connectivity index (χ4n) is 2.54. The Bertz CT molecular complexity index is 604. The molecule has 0 spiro atoms. The second-order valence-electron chi connectivity index (χ2n) is 4.77. The first-order chi connectivity index (χ1) is 9.13. The molecule has 19 heavy (non-hydrogen) atoms. The quantitative estimate of drug-likeness (QED) is 0.796. The van der Waals surface area contributed by atoms with Crippen LogP contribution in [0.15, 0.2) is 12.7 Å². The summed E-state index contributed by atoms with van der Waals surface area (Å²) >= 11 is 5.94. The molecule has 0 amide bonds. The SMILES string of the molecule is CC[C@H]1O[C@@H](n2cnc3c(Cl)ncnc32)[C@@H](F)[C@@H]1C. The van der Waals surface area contributed by atoms with Crippen LogP contribution >= 0.6 is 11.6 Å². The minimum atomic E-state index is -1.09. The maximum atomic E-state index is 14.4. The fraction of sp³-hybridized carbons (Fsp3) is 0.583. The van der Waals surface area contributed by atoms with Gasteiger partial charge in [0.05, 0.1) is 12.4 Å². The van der Waals surface area contributed by atoms with E-state index in [-0.39, 0.29) is 17.2 Å². The Hall–Kier alpha value is -1.27. The molecule has 0 N–H and O–H groups in total. The summed E-state index contributed by atoms with van der Waals surface area (Å²) in [6.07, 6.45) is 1.75. The van der Waals surface area contributed by atoms with E-state index in [0.29, 0.717) is 11.2 Å². The van der Waals surface area contributed by atoms with E-state index in [1.165, 1.54) is 12.7 Å². The van der Waals surface area contributed by atoms with Crippen molar-refractivity contribution in [3.8, 4) is 0 Å². The van der Waals surface area contributed by atoms with Crippen LogP contribution in [0.3, 0.4) is 0 Å². The van der Waals surface area contributed by atoms with Gasteiger partial charge >= 0.3 is 0 Å². The highest BCUT2D eigenvalue weighted by Gasteiger charge is 2.43. The van der Waals surface area contributed by atoms with Crippen molar-refractivity contribution in [2.45, 2.75) is 38.8 Å². The van der Waals surface area contributed by atoms with E-state index in [1.807, 2.05) is 13.8 Å². The lowest BCUT2D eigenvalue weighted by Crippen LogP contribution is -2.19. The lowest BCUT2D eigenvalue weighted by atomic mass is 10.00. The summed E-state index contributed by atoms with van der Waals surface area (Å²) in [5.74, 6) is -0.148. The number of rotatable bonds is 2. The van der Waals surface area contributed by atoms with Crippen molar-refractivity contribution in [1.29, 1.82) is 0 Å². The van der Waals surface area contributed by atoms with E-state index in [2.05, 4.69) is 15.0 Å². The number of alkyl halides is 1. The second kappa shape index (κ2) is 4.68. The summed E-state index contributed by atoms with van der Waals surface area (Å²) in [4.78, 5) is 12.1. The molecular weight excluding hydrogens is 271 g/mol. The van der Waals surface area contributed by atoms with Crippen LogP contribution in [0.4, 0.5) is 4.39 Å². The molecule has 0 saturated carbocycles. The highest BCUT2D eigenvalue weighted by molar-refractivity contribution is 6.33. The molecule has 0 aromatic carbocycles. The first-order valence-electron chi connectivity index (χ1n) is 6.26. The monoisotopic (exact) mass is 284 g/mol. The number of aromatic nitrogens is 4. The zero-order valence-electron chi connectivity index (χ0n) is 10.6. The largest absolute Gasteiger partial charge is 0.351 e. The third kappa shape index (κ3) is 1.90. The standard InChI is InChI=1S/C12H14ClFN4O/c1-3-7-6(2)8(14)12(19-7)18-5-17-9-10(13)15-4-16-11(9)18/h4-8,12H,3H2,1-2H3/t6-,7-,8+,12-/m1/s1. The van der Waals surface area contributed by atoms with Crippen molar-refractivity contribution in [3.63, 3.8) is 0 Å². The third-order valence-electron chi connectivity index (χ3n) is 3.67. The van der Waals surface area contributed by atoms with Crippen LogP contribution in [0.2, 0.25) is 5.15 Å². The fourth-order valence-corrected chi connectivity index (χ4v) is 2.72. The topological polar surface area (TPSA) is 52.8 Å². The molecular formula is C12H14ClFN4O. The van der Waals surface area contributed by atoms with Gasteiger partial charge < -0.3 is 4.74 Å². The number of halogens is 2. The Morgan fingerprint density at radius 3 is 2.89 bits per heavy atom. The minimum absolute atomic E-state index is 0.0882. The molecule has 4 atom stereocenters. The molecule has 0 aliphatic carbocycles. The average Bonchev–Trinajstić information content (AvgIpc) is 2.94. The maximum Gasteiger partial charge on any atom is 0.168 e. The highest BCUT2D eigenvalue weighted by atomic mass is 35.5. The predicted molar refractivity (Wildman–Crippen MR) is 68.6 cm³/mol. The second-order valence-corrected chi connectivity index (χ2v) is 5.12. The molecule has 3 heterocycles.